The van der Waals surface area contributed by atoms with E-state index in [1.54, 1.807) is 19.2 Å². The Morgan fingerprint density at radius 1 is 1.37 bits per heavy atom. The van der Waals surface area contributed by atoms with Crippen LogP contribution in [0.5, 0.6) is 0 Å². The average Bonchev–Trinajstić information content (AvgIpc) is 3.12. The molecule has 30 heavy (non-hydrogen) atoms. The van der Waals surface area contributed by atoms with E-state index >= 15 is 0 Å². The predicted octanol–water partition coefficient (Wildman–Crippen LogP) is 2.13. The summed E-state index contributed by atoms with van der Waals surface area (Å²) in [6.07, 6.45) is 0. The number of nitrogens with zero attached hydrogens (tertiary/aromatic N) is 3. The highest BCUT2D eigenvalue weighted by atomic mass is 127. The summed E-state index contributed by atoms with van der Waals surface area (Å²) in [7, 11) is 3.17. The van der Waals surface area contributed by atoms with Gasteiger partial charge in [-0.1, -0.05) is 19.1 Å². The molecule has 0 aliphatic carbocycles. The SMILES string of the molecule is CN=C(NCC(c1cccc(F)c1)N1CCOCC1)N1CC(C)C(C(=O)OC)C1.I. The lowest BCUT2D eigenvalue weighted by Crippen LogP contribution is -2.47. The molecule has 0 aromatic heterocycles. The Labute approximate surface area is 195 Å². The van der Waals surface area contributed by atoms with E-state index in [1.807, 2.05) is 6.07 Å². The number of rotatable bonds is 5. The van der Waals surface area contributed by atoms with Gasteiger partial charge in [-0.25, -0.2) is 4.39 Å². The molecule has 0 amide bonds. The minimum atomic E-state index is -0.237. The number of aliphatic imine (C=N–C) groups is 1. The van der Waals surface area contributed by atoms with Crippen LogP contribution >= 0.6 is 24.0 Å². The first-order valence-electron chi connectivity index (χ1n) is 10.1. The van der Waals surface area contributed by atoms with Gasteiger partial charge in [-0.3, -0.25) is 14.7 Å². The van der Waals surface area contributed by atoms with Gasteiger partial charge in [0, 0.05) is 39.8 Å². The molecular weight excluding hydrogens is 502 g/mol. The molecule has 2 fully saturated rings. The second-order valence-electron chi connectivity index (χ2n) is 7.66. The molecule has 1 aromatic carbocycles. The smallest absolute Gasteiger partial charge is 0.310 e. The van der Waals surface area contributed by atoms with Crippen molar-refractivity contribution in [1.82, 2.24) is 15.1 Å². The van der Waals surface area contributed by atoms with Crippen LogP contribution in [0.2, 0.25) is 0 Å². The van der Waals surface area contributed by atoms with Crippen LogP contribution in [0, 0.1) is 17.7 Å². The molecule has 2 aliphatic heterocycles. The van der Waals surface area contributed by atoms with Crippen molar-refractivity contribution in [2.75, 3.05) is 60.1 Å². The maximum Gasteiger partial charge on any atom is 0.310 e. The molecule has 7 nitrogen and oxygen atoms in total. The average molecular weight is 534 g/mol. The number of guanidine groups is 1. The molecule has 1 aromatic rings. The second-order valence-corrected chi connectivity index (χ2v) is 7.66. The van der Waals surface area contributed by atoms with Gasteiger partial charge < -0.3 is 19.7 Å². The van der Waals surface area contributed by atoms with Gasteiger partial charge in [-0.05, 0) is 23.6 Å². The van der Waals surface area contributed by atoms with E-state index in [0.717, 1.165) is 31.2 Å². The number of carbonyl (C=O) groups is 1. The monoisotopic (exact) mass is 534 g/mol. The summed E-state index contributed by atoms with van der Waals surface area (Å²) in [4.78, 5) is 20.8. The first kappa shape index (κ1) is 24.8. The third-order valence-electron chi connectivity index (χ3n) is 5.80. The van der Waals surface area contributed by atoms with Crippen LogP contribution in [-0.2, 0) is 14.3 Å². The van der Waals surface area contributed by atoms with Gasteiger partial charge in [-0.2, -0.15) is 0 Å². The van der Waals surface area contributed by atoms with Crippen LogP contribution in [-0.4, -0.2) is 81.8 Å². The fourth-order valence-corrected chi connectivity index (χ4v) is 4.18. The van der Waals surface area contributed by atoms with Crippen LogP contribution in [0.15, 0.2) is 29.3 Å². The largest absolute Gasteiger partial charge is 0.469 e. The minimum absolute atomic E-state index is 0. The van der Waals surface area contributed by atoms with Gasteiger partial charge in [0.1, 0.15) is 5.82 Å². The van der Waals surface area contributed by atoms with Crippen LogP contribution in [0.4, 0.5) is 4.39 Å². The molecule has 3 atom stereocenters. The number of likely N-dealkylation sites (tertiary alicyclic amines) is 1. The molecule has 1 N–H and O–H groups in total. The van der Waals surface area contributed by atoms with Gasteiger partial charge in [0.25, 0.3) is 0 Å². The number of benzene rings is 1. The molecule has 9 heteroatoms. The Bertz CT molecular complexity index is 730. The summed E-state index contributed by atoms with van der Waals surface area (Å²) in [6, 6.07) is 6.76. The summed E-state index contributed by atoms with van der Waals surface area (Å²) >= 11 is 0. The number of carbonyl (C=O) groups excluding carboxylic acids is 1. The number of methoxy groups -OCH3 is 1. The van der Waals surface area contributed by atoms with Crippen molar-refractivity contribution in [2.45, 2.75) is 13.0 Å². The molecule has 3 rings (SSSR count). The fraction of sp³-hybridized carbons (Fsp3) is 0.619. The van der Waals surface area contributed by atoms with E-state index < -0.39 is 0 Å². The molecule has 2 aliphatic rings. The third-order valence-corrected chi connectivity index (χ3v) is 5.80. The van der Waals surface area contributed by atoms with Crippen molar-refractivity contribution in [3.05, 3.63) is 35.6 Å². The predicted molar refractivity (Wildman–Crippen MR) is 125 cm³/mol. The van der Waals surface area contributed by atoms with Crippen molar-refractivity contribution in [3.63, 3.8) is 0 Å². The summed E-state index contributed by atoms with van der Waals surface area (Å²) in [6.45, 7) is 6.90. The molecule has 0 bridgehead atoms. The van der Waals surface area contributed by atoms with E-state index in [-0.39, 0.29) is 53.6 Å². The topological polar surface area (TPSA) is 66.4 Å². The van der Waals surface area contributed by atoms with Crippen LogP contribution < -0.4 is 5.32 Å². The highest BCUT2D eigenvalue weighted by Crippen LogP contribution is 2.25. The quantitative estimate of drug-likeness (QED) is 0.271. The number of ether oxygens (including phenoxy) is 2. The fourth-order valence-electron chi connectivity index (χ4n) is 4.18. The van der Waals surface area contributed by atoms with Crippen molar-refractivity contribution in [1.29, 1.82) is 0 Å². The molecule has 2 heterocycles. The van der Waals surface area contributed by atoms with Gasteiger partial charge in [-0.15, -0.1) is 24.0 Å². The van der Waals surface area contributed by atoms with E-state index in [0.29, 0.717) is 26.3 Å². The summed E-state index contributed by atoms with van der Waals surface area (Å²) in [5.41, 5.74) is 0.928. The second kappa shape index (κ2) is 11.8. The highest BCUT2D eigenvalue weighted by Gasteiger charge is 2.37. The number of morpholine rings is 1. The van der Waals surface area contributed by atoms with E-state index in [4.69, 9.17) is 9.47 Å². The summed E-state index contributed by atoms with van der Waals surface area (Å²) in [5.74, 6) is 0.370. The zero-order chi connectivity index (χ0) is 20.8. The number of halogens is 2. The Morgan fingerprint density at radius 2 is 2.10 bits per heavy atom. The van der Waals surface area contributed by atoms with Crippen LogP contribution in [0.3, 0.4) is 0 Å². The van der Waals surface area contributed by atoms with Crippen molar-refractivity contribution in [3.8, 4) is 0 Å². The van der Waals surface area contributed by atoms with Gasteiger partial charge in [0.05, 0.1) is 32.3 Å². The lowest BCUT2D eigenvalue weighted by atomic mass is 9.99. The lowest BCUT2D eigenvalue weighted by Gasteiger charge is -2.35. The number of hydrogen-bond acceptors (Lipinski definition) is 5. The lowest BCUT2D eigenvalue weighted by molar-refractivity contribution is -0.145. The van der Waals surface area contributed by atoms with Crippen LogP contribution in [0.25, 0.3) is 0 Å². The van der Waals surface area contributed by atoms with Crippen molar-refractivity contribution < 1.29 is 18.7 Å². The Hall–Kier alpha value is -1.46. The molecule has 0 spiro atoms. The molecule has 0 radical (unpaired) electrons. The normalized spacial score (nSPS) is 23.6. The zero-order valence-electron chi connectivity index (χ0n) is 17.8. The van der Waals surface area contributed by atoms with Crippen molar-refractivity contribution >= 4 is 35.9 Å². The van der Waals surface area contributed by atoms with Gasteiger partial charge in [0.15, 0.2) is 5.96 Å². The maximum absolute atomic E-state index is 13.9. The minimum Gasteiger partial charge on any atom is -0.469 e. The molecule has 3 unspecified atom stereocenters. The Balaban J connectivity index is 0.00000320. The van der Waals surface area contributed by atoms with Crippen LogP contribution in [0.1, 0.15) is 18.5 Å². The zero-order valence-corrected chi connectivity index (χ0v) is 20.2. The van der Waals surface area contributed by atoms with E-state index in [1.165, 1.54) is 13.2 Å². The number of nitrogens with one attached hydrogen (secondary N) is 1. The first-order chi connectivity index (χ1) is 14.0. The molecular formula is C21H32FIN4O3. The van der Waals surface area contributed by atoms with Crippen molar-refractivity contribution in [2.24, 2.45) is 16.8 Å². The maximum atomic E-state index is 13.9. The van der Waals surface area contributed by atoms with Gasteiger partial charge >= 0.3 is 5.97 Å². The number of esters is 1. The molecule has 0 saturated carbocycles. The third kappa shape index (κ3) is 6.04. The van der Waals surface area contributed by atoms with Gasteiger partial charge in [0.2, 0.25) is 0 Å². The summed E-state index contributed by atoms with van der Waals surface area (Å²) < 4.78 is 24.3. The molecule has 168 valence electrons. The van der Waals surface area contributed by atoms with E-state index in [2.05, 4.69) is 27.0 Å². The standard InChI is InChI=1S/C21H31FN4O3.HI/c1-15-13-26(14-18(15)20(27)28-3)21(23-2)24-12-19(25-7-9-29-10-8-25)16-5-4-6-17(22)11-16;/h4-6,11,15,18-19H,7-10,12-14H2,1-3H3,(H,23,24);1H. The Kier molecular flexibility index (Phi) is 9.76. The highest BCUT2D eigenvalue weighted by molar-refractivity contribution is 14.0. The Morgan fingerprint density at radius 3 is 2.73 bits per heavy atom. The van der Waals surface area contributed by atoms with E-state index in [9.17, 15) is 9.18 Å². The first-order valence-corrected chi connectivity index (χ1v) is 10.1. The number of hydrogen-bond donors (Lipinski definition) is 1. The molecule has 2 saturated heterocycles. The summed E-state index contributed by atoms with van der Waals surface area (Å²) in [5, 5.41) is 3.44.